The van der Waals surface area contributed by atoms with Gasteiger partial charge in [-0.05, 0) is 23.4 Å². The van der Waals surface area contributed by atoms with E-state index in [1.54, 1.807) is 0 Å². The van der Waals surface area contributed by atoms with Crippen molar-refractivity contribution >= 4 is 22.6 Å². The number of hydrogen-bond acceptors (Lipinski definition) is 2. The zero-order valence-corrected chi connectivity index (χ0v) is 13.0. The minimum atomic E-state index is -0.433. The van der Waals surface area contributed by atoms with Crippen molar-refractivity contribution in [1.82, 2.24) is 0 Å². The van der Waals surface area contributed by atoms with Gasteiger partial charge in [0, 0.05) is 5.39 Å². The van der Waals surface area contributed by atoms with Crippen LogP contribution in [0.2, 0.25) is 0 Å². The zero-order chi connectivity index (χ0) is 16.1. The van der Waals surface area contributed by atoms with E-state index in [0.717, 1.165) is 28.4 Å². The molecule has 0 saturated carbocycles. The topological polar surface area (TPSA) is 38.3 Å². The molecular formula is C20H19NO2. The molecule has 23 heavy (non-hydrogen) atoms. The molecule has 3 rings (SSSR count). The van der Waals surface area contributed by atoms with E-state index in [1.807, 2.05) is 79.7 Å². The Morgan fingerprint density at radius 3 is 2.43 bits per heavy atom. The molecule has 1 amide bonds. The summed E-state index contributed by atoms with van der Waals surface area (Å²) in [5.41, 5.74) is 1.76. The minimum Gasteiger partial charge on any atom is -0.441 e. The summed E-state index contributed by atoms with van der Waals surface area (Å²) in [6, 6.07) is 23.6. The van der Waals surface area contributed by atoms with Crippen molar-refractivity contribution in [3.8, 4) is 0 Å². The summed E-state index contributed by atoms with van der Waals surface area (Å²) < 4.78 is 5.59. The van der Waals surface area contributed by atoms with E-state index in [4.69, 9.17) is 4.74 Å². The standard InChI is InChI=1S/C20H19NO2/c1-2-19(16-10-4-3-5-11-16)23-20(22)21-18-14-8-12-15-9-6-7-13-17(15)18/h3-14,19H,2H2,1H3,(H,21,22)/t19-/m1/s1. The molecule has 0 aliphatic rings. The van der Waals surface area contributed by atoms with E-state index >= 15 is 0 Å². The van der Waals surface area contributed by atoms with Crippen molar-refractivity contribution < 1.29 is 9.53 Å². The molecule has 1 atom stereocenters. The van der Waals surface area contributed by atoms with Crippen LogP contribution in [0.4, 0.5) is 10.5 Å². The molecule has 0 bridgehead atoms. The normalized spacial score (nSPS) is 11.9. The Balaban J connectivity index is 1.76. The van der Waals surface area contributed by atoms with Crippen LogP contribution in [0.25, 0.3) is 10.8 Å². The highest BCUT2D eigenvalue weighted by Gasteiger charge is 2.15. The van der Waals surface area contributed by atoms with E-state index in [1.165, 1.54) is 0 Å². The van der Waals surface area contributed by atoms with E-state index in [9.17, 15) is 4.79 Å². The Hall–Kier alpha value is -2.81. The SMILES string of the molecule is CC[C@@H](OC(=O)Nc1cccc2ccccc12)c1ccccc1. The van der Waals surface area contributed by atoms with Crippen LogP contribution in [0.1, 0.15) is 25.0 Å². The molecule has 3 nitrogen and oxygen atoms in total. The third-order valence-electron chi connectivity index (χ3n) is 3.82. The molecule has 0 aliphatic carbocycles. The summed E-state index contributed by atoms with van der Waals surface area (Å²) >= 11 is 0. The van der Waals surface area contributed by atoms with Crippen molar-refractivity contribution in [3.63, 3.8) is 0 Å². The van der Waals surface area contributed by atoms with Gasteiger partial charge in [-0.15, -0.1) is 0 Å². The summed E-state index contributed by atoms with van der Waals surface area (Å²) in [7, 11) is 0. The number of carbonyl (C=O) groups is 1. The molecule has 116 valence electrons. The molecule has 0 fully saturated rings. The predicted octanol–water partition coefficient (Wildman–Crippen LogP) is 5.54. The van der Waals surface area contributed by atoms with E-state index < -0.39 is 6.09 Å². The monoisotopic (exact) mass is 305 g/mol. The van der Waals surface area contributed by atoms with Gasteiger partial charge >= 0.3 is 6.09 Å². The first-order valence-electron chi connectivity index (χ1n) is 7.78. The zero-order valence-electron chi connectivity index (χ0n) is 13.0. The van der Waals surface area contributed by atoms with E-state index in [-0.39, 0.29) is 6.10 Å². The van der Waals surface area contributed by atoms with Gasteiger partial charge in [-0.1, -0.05) is 73.7 Å². The number of hydrogen-bond donors (Lipinski definition) is 1. The van der Waals surface area contributed by atoms with Crippen LogP contribution in [0.3, 0.4) is 0 Å². The highest BCUT2D eigenvalue weighted by molar-refractivity contribution is 6.00. The van der Waals surface area contributed by atoms with Crippen molar-refractivity contribution in [2.75, 3.05) is 5.32 Å². The van der Waals surface area contributed by atoms with E-state index in [2.05, 4.69) is 5.32 Å². The molecule has 0 saturated heterocycles. The second-order valence-electron chi connectivity index (χ2n) is 5.36. The maximum absolute atomic E-state index is 12.3. The van der Waals surface area contributed by atoms with Crippen molar-refractivity contribution in [2.24, 2.45) is 0 Å². The lowest BCUT2D eigenvalue weighted by atomic mass is 10.1. The molecule has 1 N–H and O–H groups in total. The third-order valence-corrected chi connectivity index (χ3v) is 3.82. The maximum Gasteiger partial charge on any atom is 0.412 e. The average Bonchev–Trinajstić information content (AvgIpc) is 2.61. The Labute approximate surface area is 135 Å². The van der Waals surface area contributed by atoms with Gasteiger partial charge < -0.3 is 4.74 Å². The van der Waals surface area contributed by atoms with Crippen molar-refractivity contribution in [3.05, 3.63) is 78.4 Å². The highest BCUT2D eigenvalue weighted by Crippen LogP contribution is 2.25. The fraction of sp³-hybridized carbons (Fsp3) is 0.150. The lowest BCUT2D eigenvalue weighted by molar-refractivity contribution is 0.108. The Morgan fingerprint density at radius 2 is 1.65 bits per heavy atom. The molecule has 0 unspecified atom stereocenters. The quantitative estimate of drug-likeness (QED) is 0.687. The number of anilines is 1. The van der Waals surface area contributed by atoms with Gasteiger partial charge in [0.25, 0.3) is 0 Å². The number of benzene rings is 3. The maximum atomic E-state index is 12.3. The van der Waals surface area contributed by atoms with Crippen LogP contribution < -0.4 is 5.32 Å². The molecule has 0 spiro atoms. The van der Waals surface area contributed by atoms with Crippen molar-refractivity contribution in [1.29, 1.82) is 0 Å². The predicted molar refractivity (Wildman–Crippen MR) is 93.5 cm³/mol. The van der Waals surface area contributed by atoms with E-state index in [0.29, 0.717) is 0 Å². The van der Waals surface area contributed by atoms with Crippen LogP contribution in [0.15, 0.2) is 72.8 Å². The fourth-order valence-corrected chi connectivity index (χ4v) is 2.66. The van der Waals surface area contributed by atoms with Gasteiger partial charge in [-0.25, -0.2) is 4.79 Å². The Morgan fingerprint density at radius 1 is 0.957 bits per heavy atom. The van der Waals surface area contributed by atoms with Crippen LogP contribution >= 0.6 is 0 Å². The largest absolute Gasteiger partial charge is 0.441 e. The number of amides is 1. The number of nitrogens with one attached hydrogen (secondary N) is 1. The summed E-state index contributed by atoms with van der Waals surface area (Å²) in [6.45, 7) is 2.00. The van der Waals surface area contributed by atoms with Crippen molar-refractivity contribution in [2.45, 2.75) is 19.4 Å². The second-order valence-corrected chi connectivity index (χ2v) is 5.36. The summed E-state index contributed by atoms with van der Waals surface area (Å²) in [5, 5.41) is 4.94. The molecule has 0 aromatic heterocycles. The van der Waals surface area contributed by atoms with Gasteiger partial charge in [-0.3, -0.25) is 5.32 Å². The van der Waals surface area contributed by atoms with Gasteiger partial charge in [-0.2, -0.15) is 0 Å². The number of rotatable bonds is 4. The molecule has 3 aromatic carbocycles. The first kappa shape index (κ1) is 15.1. The van der Waals surface area contributed by atoms with Crippen LogP contribution in [-0.2, 0) is 4.74 Å². The Kier molecular flexibility index (Phi) is 4.57. The number of fused-ring (bicyclic) bond motifs is 1. The lowest BCUT2D eigenvalue weighted by Gasteiger charge is -2.17. The first-order chi connectivity index (χ1) is 11.3. The Bertz CT molecular complexity index is 794. The minimum absolute atomic E-state index is 0.244. The smallest absolute Gasteiger partial charge is 0.412 e. The van der Waals surface area contributed by atoms with Crippen LogP contribution in [-0.4, -0.2) is 6.09 Å². The second kappa shape index (κ2) is 6.97. The first-order valence-corrected chi connectivity index (χ1v) is 7.78. The van der Waals surface area contributed by atoms with Crippen LogP contribution in [0.5, 0.6) is 0 Å². The number of carbonyl (C=O) groups excluding carboxylic acids is 1. The van der Waals surface area contributed by atoms with Gasteiger partial charge in [0.05, 0.1) is 5.69 Å². The molecule has 3 aromatic rings. The average molecular weight is 305 g/mol. The summed E-state index contributed by atoms with van der Waals surface area (Å²) in [5.74, 6) is 0. The van der Waals surface area contributed by atoms with Crippen LogP contribution in [0, 0.1) is 0 Å². The van der Waals surface area contributed by atoms with Gasteiger partial charge in [0.1, 0.15) is 6.10 Å². The molecule has 3 heteroatoms. The number of ether oxygens (including phenoxy) is 1. The lowest BCUT2D eigenvalue weighted by Crippen LogP contribution is -2.17. The summed E-state index contributed by atoms with van der Waals surface area (Å²) in [4.78, 5) is 12.3. The molecule has 0 radical (unpaired) electrons. The summed E-state index contributed by atoms with van der Waals surface area (Å²) in [6.07, 6.45) is 0.0516. The highest BCUT2D eigenvalue weighted by atomic mass is 16.6. The molecular weight excluding hydrogens is 286 g/mol. The molecule has 0 heterocycles. The van der Waals surface area contributed by atoms with Gasteiger partial charge in [0.15, 0.2) is 0 Å². The van der Waals surface area contributed by atoms with Gasteiger partial charge in [0.2, 0.25) is 0 Å². The molecule has 0 aliphatic heterocycles. The third kappa shape index (κ3) is 3.51. The fourth-order valence-electron chi connectivity index (χ4n) is 2.66.